The molecule has 0 heterocycles. The Kier molecular flexibility index (Phi) is 5.71. The van der Waals surface area contributed by atoms with Crippen LogP contribution in [0.1, 0.15) is 24.2 Å². The summed E-state index contributed by atoms with van der Waals surface area (Å²) in [6.07, 6.45) is 0. The molecule has 1 aromatic carbocycles. The Hall–Kier alpha value is -2.37. The number of anilines is 1. The topological polar surface area (TPSA) is 78.5 Å². The Morgan fingerprint density at radius 2 is 1.75 bits per heavy atom. The van der Waals surface area contributed by atoms with Gasteiger partial charge in [0.05, 0.1) is 0 Å². The second-order valence-corrected chi connectivity index (χ2v) is 4.37. The minimum atomic E-state index is -0.383. The minimum absolute atomic E-state index is 0.00873. The molecule has 6 nitrogen and oxygen atoms in total. The van der Waals surface area contributed by atoms with Crippen LogP contribution in [0, 0.1) is 0 Å². The molecule has 0 unspecified atom stereocenters. The summed E-state index contributed by atoms with van der Waals surface area (Å²) in [5, 5.41) is 5.27. The first-order valence-electron chi connectivity index (χ1n) is 6.34. The lowest BCUT2D eigenvalue weighted by molar-refractivity contribution is -0.121. The molecule has 0 spiro atoms. The number of Topliss-reactive ketones (excluding diaryl/α,β-unsaturated/α-hetero) is 1. The van der Waals surface area contributed by atoms with Crippen molar-refractivity contribution >= 4 is 23.4 Å². The standard InChI is InChI=1S/C14H19N3O3/c1-4-15-13(19)9-17(3)14(20)16-12-7-5-11(6-8-12)10(2)18/h5-8H,4,9H2,1-3H3,(H,15,19)(H,16,20). The summed E-state index contributed by atoms with van der Waals surface area (Å²) in [7, 11) is 1.54. The fourth-order valence-corrected chi connectivity index (χ4v) is 1.55. The van der Waals surface area contributed by atoms with Gasteiger partial charge in [0.2, 0.25) is 5.91 Å². The summed E-state index contributed by atoms with van der Waals surface area (Å²) < 4.78 is 0. The van der Waals surface area contributed by atoms with Crippen molar-refractivity contribution in [3.63, 3.8) is 0 Å². The van der Waals surface area contributed by atoms with Crippen LogP contribution in [0.5, 0.6) is 0 Å². The van der Waals surface area contributed by atoms with Crippen molar-refractivity contribution in [2.75, 3.05) is 25.5 Å². The third-order valence-electron chi connectivity index (χ3n) is 2.64. The average Bonchev–Trinajstić information content (AvgIpc) is 2.39. The van der Waals surface area contributed by atoms with Gasteiger partial charge in [-0.3, -0.25) is 9.59 Å². The van der Waals surface area contributed by atoms with Gasteiger partial charge >= 0.3 is 6.03 Å². The first-order valence-corrected chi connectivity index (χ1v) is 6.34. The van der Waals surface area contributed by atoms with Crippen LogP contribution in [0.25, 0.3) is 0 Å². The van der Waals surface area contributed by atoms with Crippen LogP contribution in [0.3, 0.4) is 0 Å². The Morgan fingerprint density at radius 1 is 1.15 bits per heavy atom. The van der Waals surface area contributed by atoms with E-state index in [4.69, 9.17) is 0 Å². The fourth-order valence-electron chi connectivity index (χ4n) is 1.55. The zero-order chi connectivity index (χ0) is 15.1. The van der Waals surface area contributed by atoms with Crippen LogP contribution in [0.2, 0.25) is 0 Å². The van der Waals surface area contributed by atoms with E-state index in [0.29, 0.717) is 17.8 Å². The molecule has 6 heteroatoms. The van der Waals surface area contributed by atoms with E-state index >= 15 is 0 Å². The van der Waals surface area contributed by atoms with Crippen LogP contribution < -0.4 is 10.6 Å². The number of hydrogen-bond donors (Lipinski definition) is 2. The van der Waals surface area contributed by atoms with E-state index < -0.39 is 0 Å². The Morgan fingerprint density at radius 3 is 2.25 bits per heavy atom. The highest BCUT2D eigenvalue weighted by molar-refractivity contribution is 5.95. The Balaban J connectivity index is 2.57. The zero-order valence-corrected chi connectivity index (χ0v) is 11.9. The number of carbonyl (C=O) groups excluding carboxylic acids is 3. The molecule has 0 fully saturated rings. The highest BCUT2D eigenvalue weighted by Crippen LogP contribution is 2.10. The molecule has 108 valence electrons. The third-order valence-corrected chi connectivity index (χ3v) is 2.64. The summed E-state index contributed by atoms with van der Waals surface area (Å²) in [6, 6.07) is 6.19. The molecule has 3 amide bonds. The predicted molar refractivity (Wildman–Crippen MR) is 76.8 cm³/mol. The van der Waals surface area contributed by atoms with Crippen molar-refractivity contribution in [2.24, 2.45) is 0 Å². The van der Waals surface area contributed by atoms with Gasteiger partial charge in [0.15, 0.2) is 5.78 Å². The number of likely N-dealkylation sites (N-methyl/N-ethyl adjacent to an activating group) is 2. The Bertz CT molecular complexity index is 497. The zero-order valence-electron chi connectivity index (χ0n) is 11.9. The first-order chi connectivity index (χ1) is 9.43. The molecule has 1 aromatic rings. The van der Waals surface area contributed by atoms with Gasteiger partial charge in [-0.1, -0.05) is 0 Å². The normalized spacial score (nSPS) is 9.75. The van der Waals surface area contributed by atoms with E-state index in [9.17, 15) is 14.4 Å². The molecule has 0 bridgehead atoms. The van der Waals surface area contributed by atoms with Crippen LogP contribution in [0.15, 0.2) is 24.3 Å². The van der Waals surface area contributed by atoms with Crippen LogP contribution in [-0.4, -0.2) is 42.8 Å². The van der Waals surface area contributed by atoms with Gasteiger partial charge in [0.1, 0.15) is 6.54 Å². The summed E-state index contributed by atoms with van der Waals surface area (Å²) in [4.78, 5) is 35.6. The van der Waals surface area contributed by atoms with E-state index in [1.165, 1.54) is 18.9 Å². The number of ketones is 1. The maximum absolute atomic E-state index is 11.8. The van der Waals surface area contributed by atoms with Gasteiger partial charge in [-0.25, -0.2) is 4.79 Å². The molecule has 0 aromatic heterocycles. The van der Waals surface area contributed by atoms with Crippen molar-refractivity contribution in [2.45, 2.75) is 13.8 Å². The highest BCUT2D eigenvalue weighted by Gasteiger charge is 2.12. The average molecular weight is 277 g/mol. The van der Waals surface area contributed by atoms with Crippen molar-refractivity contribution in [1.82, 2.24) is 10.2 Å². The van der Waals surface area contributed by atoms with E-state index in [-0.39, 0.29) is 24.3 Å². The number of rotatable bonds is 5. The Labute approximate surface area is 118 Å². The number of hydrogen-bond acceptors (Lipinski definition) is 3. The van der Waals surface area contributed by atoms with Crippen LogP contribution >= 0.6 is 0 Å². The smallest absolute Gasteiger partial charge is 0.322 e. The lowest BCUT2D eigenvalue weighted by atomic mass is 10.1. The van der Waals surface area contributed by atoms with Crippen molar-refractivity contribution in [3.8, 4) is 0 Å². The van der Waals surface area contributed by atoms with Gasteiger partial charge in [-0.2, -0.15) is 0 Å². The minimum Gasteiger partial charge on any atom is -0.355 e. The van der Waals surface area contributed by atoms with E-state index in [2.05, 4.69) is 10.6 Å². The van der Waals surface area contributed by atoms with Crippen molar-refractivity contribution in [1.29, 1.82) is 0 Å². The number of nitrogens with one attached hydrogen (secondary N) is 2. The molecular formula is C14H19N3O3. The maximum Gasteiger partial charge on any atom is 0.322 e. The second kappa shape index (κ2) is 7.28. The molecule has 20 heavy (non-hydrogen) atoms. The van der Waals surface area contributed by atoms with E-state index in [1.54, 1.807) is 24.3 Å². The molecule has 0 aliphatic heterocycles. The summed E-state index contributed by atoms with van der Waals surface area (Å²) in [5.41, 5.74) is 1.15. The highest BCUT2D eigenvalue weighted by atomic mass is 16.2. The molecule has 0 aliphatic rings. The molecular weight excluding hydrogens is 258 g/mol. The largest absolute Gasteiger partial charge is 0.355 e. The van der Waals surface area contributed by atoms with E-state index in [0.717, 1.165) is 0 Å². The third kappa shape index (κ3) is 4.72. The maximum atomic E-state index is 11.8. The van der Waals surface area contributed by atoms with Gasteiger partial charge < -0.3 is 15.5 Å². The SMILES string of the molecule is CCNC(=O)CN(C)C(=O)Nc1ccc(C(C)=O)cc1. The van der Waals surface area contributed by atoms with Crippen LogP contribution in [0.4, 0.5) is 10.5 Å². The number of benzene rings is 1. The molecule has 1 rings (SSSR count). The number of urea groups is 1. The molecule has 0 aliphatic carbocycles. The summed E-state index contributed by atoms with van der Waals surface area (Å²) in [5.74, 6) is -0.242. The first kappa shape index (κ1) is 15.7. The second-order valence-electron chi connectivity index (χ2n) is 4.37. The molecule has 0 saturated carbocycles. The fraction of sp³-hybridized carbons (Fsp3) is 0.357. The van der Waals surface area contributed by atoms with Crippen LogP contribution in [-0.2, 0) is 4.79 Å². The predicted octanol–water partition coefficient (Wildman–Crippen LogP) is 1.49. The number of carbonyl (C=O) groups is 3. The van der Waals surface area contributed by atoms with Crippen molar-refractivity contribution < 1.29 is 14.4 Å². The van der Waals surface area contributed by atoms with Gasteiger partial charge in [0.25, 0.3) is 0 Å². The van der Waals surface area contributed by atoms with Gasteiger partial charge in [0, 0.05) is 24.8 Å². The van der Waals surface area contributed by atoms with Crippen molar-refractivity contribution in [3.05, 3.63) is 29.8 Å². The lowest BCUT2D eigenvalue weighted by Crippen LogP contribution is -2.40. The summed E-state index contributed by atoms with van der Waals surface area (Å²) in [6.45, 7) is 3.81. The number of amides is 3. The molecule has 0 atom stereocenters. The quantitative estimate of drug-likeness (QED) is 0.800. The van der Waals surface area contributed by atoms with E-state index in [1.807, 2.05) is 6.92 Å². The molecule has 2 N–H and O–H groups in total. The monoisotopic (exact) mass is 277 g/mol. The molecule has 0 saturated heterocycles. The molecule has 0 radical (unpaired) electrons. The lowest BCUT2D eigenvalue weighted by Gasteiger charge is -2.17. The van der Waals surface area contributed by atoms with Gasteiger partial charge in [-0.05, 0) is 38.1 Å². The van der Waals surface area contributed by atoms with Gasteiger partial charge in [-0.15, -0.1) is 0 Å². The number of nitrogens with zero attached hydrogens (tertiary/aromatic N) is 1. The summed E-state index contributed by atoms with van der Waals surface area (Å²) >= 11 is 0.